The monoisotopic (exact) mass is 333 g/mol. The predicted molar refractivity (Wildman–Crippen MR) is 98.3 cm³/mol. The van der Waals surface area contributed by atoms with E-state index in [-0.39, 0.29) is 0 Å². The zero-order chi connectivity index (χ0) is 16.5. The van der Waals surface area contributed by atoms with E-state index in [0.29, 0.717) is 6.54 Å². The van der Waals surface area contributed by atoms with Crippen molar-refractivity contribution in [2.24, 2.45) is 0 Å². The number of hydrogen-bond donors (Lipinski definition) is 0. The number of imidazole rings is 1. The van der Waals surface area contributed by atoms with Gasteiger partial charge >= 0.3 is 0 Å². The Labute approximate surface area is 145 Å². The fraction of sp³-hybridized carbons (Fsp3) is 0.100. The van der Waals surface area contributed by atoms with Crippen LogP contribution < -0.4 is 0 Å². The van der Waals surface area contributed by atoms with Gasteiger partial charge in [0.25, 0.3) is 0 Å². The van der Waals surface area contributed by atoms with E-state index in [4.69, 9.17) is 11.6 Å². The van der Waals surface area contributed by atoms with Crippen molar-refractivity contribution < 1.29 is 0 Å². The van der Waals surface area contributed by atoms with Crippen molar-refractivity contribution >= 4 is 22.8 Å². The first-order chi connectivity index (χ1) is 11.7. The third-order valence-corrected chi connectivity index (χ3v) is 4.54. The molecule has 0 N–H and O–H groups in total. The molecule has 0 atom stereocenters. The molecule has 3 nitrogen and oxygen atoms in total. The SMILES string of the molecule is Cc1nc2cccnc2n1Cc1ccc(-c2ccccc2)cc1Cl. The molecule has 2 aromatic heterocycles. The zero-order valence-electron chi connectivity index (χ0n) is 13.3. The maximum Gasteiger partial charge on any atom is 0.160 e. The molecule has 4 heteroatoms. The topological polar surface area (TPSA) is 30.7 Å². The first kappa shape index (κ1) is 14.9. The highest BCUT2D eigenvalue weighted by molar-refractivity contribution is 6.31. The van der Waals surface area contributed by atoms with Crippen molar-refractivity contribution in [3.63, 3.8) is 0 Å². The molecule has 118 valence electrons. The van der Waals surface area contributed by atoms with Gasteiger partial charge in [0.2, 0.25) is 0 Å². The molecule has 4 rings (SSSR count). The minimum absolute atomic E-state index is 0.660. The molecule has 0 aliphatic rings. The number of benzene rings is 2. The number of hydrogen-bond acceptors (Lipinski definition) is 2. The second-order valence-electron chi connectivity index (χ2n) is 5.76. The van der Waals surface area contributed by atoms with Crippen LogP contribution in [0.15, 0.2) is 66.9 Å². The summed E-state index contributed by atoms with van der Waals surface area (Å²) in [7, 11) is 0. The highest BCUT2D eigenvalue weighted by atomic mass is 35.5. The van der Waals surface area contributed by atoms with E-state index in [9.17, 15) is 0 Å². The maximum atomic E-state index is 6.55. The Kier molecular flexibility index (Phi) is 3.79. The minimum atomic E-state index is 0.660. The third-order valence-electron chi connectivity index (χ3n) is 4.18. The van der Waals surface area contributed by atoms with Crippen LogP contribution in [0.25, 0.3) is 22.3 Å². The van der Waals surface area contributed by atoms with Crippen LogP contribution in [0.2, 0.25) is 5.02 Å². The summed E-state index contributed by atoms with van der Waals surface area (Å²) in [4.78, 5) is 9.01. The lowest BCUT2D eigenvalue weighted by Crippen LogP contribution is -2.03. The molecular formula is C20H16ClN3. The highest BCUT2D eigenvalue weighted by Crippen LogP contribution is 2.27. The quantitative estimate of drug-likeness (QED) is 0.521. The number of aromatic nitrogens is 3. The van der Waals surface area contributed by atoms with Gasteiger partial charge in [0.15, 0.2) is 5.65 Å². The Hall–Kier alpha value is -2.65. The van der Waals surface area contributed by atoms with Gasteiger partial charge in [-0.1, -0.05) is 54.1 Å². The first-order valence-electron chi connectivity index (χ1n) is 7.84. The van der Waals surface area contributed by atoms with Crippen LogP contribution in [-0.4, -0.2) is 14.5 Å². The molecule has 0 radical (unpaired) electrons. The minimum Gasteiger partial charge on any atom is -0.308 e. The smallest absolute Gasteiger partial charge is 0.160 e. The van der Waals surface area contributed by atoms with Crippen molar-refractivity contribution in [2.45, 2.75) is 13.5 Å². The molecule has 0 spiro atoms. The van der Waals surface area contributed by atoms with E-state index in [2.05, 4.69) is 38.8 Å². The summed E-state index contributed by atoms with van der Waals surface area (Å²) in [5.41, 5.74) is 5.14. The maximum absolute atomic E-state index is 6.55. The molecule has 0 amide bonds. The van der Waals surface area contributed by atoms with Gasteiger partial charge in [-0.2, -0.15) is 0 Å². The molecule has 0 fully saturated rings. The van der Waals surface area contributed by atoms with Crippen molar-refractivity contribution in [1.29, 1.82) is 0 Å². The second kappa shape index (κ2) is 6.10. The normalized spacial score (nSPS) is 11.1. The summed E-state index contributed by atoms with van der Waals surface area (Å²) in [5, 5.41) is 0.758. The van der Waals surface area contributed by atoms with Crippen LogP contribution in [0.5, 0.6) is 0 Å². The molecule has 4 aromatic rings. The molecule has 0 aliphatic carbocycles. The summed E-state index contributed by atoms with van der Waals surface area (Å²) in [5.74, 6) is 0.937. The molecule has 0 saturated carbocycles. The molecule has 0 bridgehead atoms. The molecule has 0 aliphatic heterocycles. The Bertz CT molecular complexity index is 1010. The van der Waals surface area contributed by atoms with Crippen LogP contribution in [-0.2, 0) is 6.54 Å². The van der Waals surface area contributed by atoms with E-state index in [1.165, 1.54) is 0 Å². The van der Waals surface area contributed by atoms with Crippen LogP contribution in [0.4, 0.5) is 0 Å². The average molecular weight is 334 g/mol. The van der Waals surface area contributed by atoms with Gasteiger partial charge in [-0.25, -0.2) is 9.97 Å². The van der Waals surface area contributed by atoms with Crippen LogP contribution in [0.3, 0.4) is 0 Å². The van der Waals surface area contributed by atoms with Crippen LogP contribution >= 0.6 is 11.6 Å². The Morgan fingerprint density at radius 3 is 2.58 bits per heavy atom. The summed E-state index contributed by atoms with van der Waals surface area (Å²) in [6.45, 7) is 2.65. The van der Waals surface area contributed by atoms with Gasteiger partial charge < -0.3 is 4.57 Å². The van der Waals surface area contributed by atoms with E-state index < -0.39 is 0 Å². The molecule has 2 aromatic carbocycles. The number of aryl methyl sites for hydroxylation is 1. The number of rotatable bonds is 3. The fourth-order valence-corrected chi connectivity index (χ4v) is 3.16. The van der Waals surface area contributed by atoms with Gasteiger partial charge in [-0.3, -0.25) is 0 Å². The zero-order valence-corrected chi connectivity index (χ0v) is 14.0. The van der Waals surface area contributed by atoms with Gasteiger partial charge in [0.05, 0.1) is 6.54 Å². The largest absolute Gasteiger partial charge is 0.308 e. The first-order valence-corrected chi connectivity index (χ1v) is 8.22. The van der Waals surface area contributed by atoms with Crippen molar-refractivity contribution in [3.05, 3.63) is 83.3 Å². The van der Waals surface area contributed by atoms with Gasteiger partial charge in [0, 0.05) is 11.2 Å². The number of pyridine rings is 1. The average Bonchev–Trinajstić information content (AvgIpc) is 2.93. The summed E-state index contributed by atoms with van der Waals surface area (Å²) >= 11 is 6.55. The summed E-state index contributed by atoms with van der Waals surface area (Å²) < 4.78 is 2.10. The Morgan fingerprint density at radius 2 is 1.79 bits per heavy atom. The molecule has 0 unspecified atom stereocenters. The van der Waals surface area contributed by atoms with E-state index in [0.717, 1.165) is 38.7 Å². The molecular weight excluding hydrogens is 318 g/mol. The lowest BCUT2D eigenvalue weighted by molar-refractivity contribution is 0.778. The van der Waals surface area contributed by atoms with E-state index >= 15 is 0 Å². The van der Waals surface area contributed by atoms with Crippen molar-refractivity contribution in [1.82, 2.24) is 14.5 Å². The summed E-state index contributed by atoms with van der Waals surface area (Å²) in [6, 6.07) is 20.3. The fourth-order valence-electron chi connectivity index (χ4n) is 2.92. The number of halogens is 1. The molecule has 24 heavy (non-hydrogen) atoms. The van der Waals surface area contributed by atoms with E-state index in [1.54, 1.807) is 6.20 Å². The number of fused-ring (bicyclic) bond motifs is 1. The lowest BCUT2D eigenvalue weighted by Gasteiger charge is -2.10. The van der Waals surface area contributed by atoms with Crippen molar-refractivity contribution in [2.75, 3.05) is 0 Å². The van der Waals surface area contributed by atoms with Gasteiger partial charge in [-0.15, -0.1) is 0 Å². The highest BCUT2D eigenvalue weighted by Gasteiger charge is 2.11. The number of nitrogens with zero attached hydrogens (tertiary/aromatic N) is 3. The standard InChI is InChI=1S/C20H16ClN3/c1-14-23-19-8-5-11-22-20(19)24(14)13-17-10-9-16(12-18(17)21)15-6-3-2-4-7-15/h2-12H,13H2,1H3. The van der Waals surface area contributed by atoms with Gasteiger partial charge in [-0.05, 0) is 41.8 Å². The summed E-state index contributed by atoms with van der Waals surface area (Å²) in [6.07, 6.45) is 1.79. The lowest BCUT2D eigenvalue weighted by atomic mass is 10.0. The van der Waals surface area contributed by atoms with Gasteiger partial charge in [0.1, 0.15) is 11.3 Å². The molecule has 0 saturated heterocycles. The molecule has 2 heterocycles. The van der Waals surface area contributed by atoms with Crippen molar-refractivity contribution in [3.8, 4) is 11.1 Å². The Balaban J connectivity index is 1.71. The Morgan fingerprint density at radius 1 is 0.958 bits per heavy atom. The third kappa shape index (κ3) is 2.68. The van der Waals surface area contributed by atoms with Crippen LogP contribution in [0.1, 0.15) is 11.4 Å². The predicted octanol–water partition coefficient (Wildman–Crippen LogP) is 5.11. The van der Waals surface area contributed by atoms with E-state index in [1.807, 2.05) is 43.3 Å². The van der Waals surface area contributed by atoms with Crippen LogP contribution in [0, 0.1) is 6.92 Å². The second-order valence-corrected chi connectivity index (χ2v) is 6.17.